The van der Waals surface area contributed by atoms with E-state index in [1.165, 1.54) is 0 Å². The summed E-state index contributed by atoms with van der Waals surface area (Å²) in [6.45, 7) is 1.85. The number of hydrogen-bond donors (Lipinski definition) is 2. The molecule has 3 atom stereocenters. The molecule has 2 aromatic carbocycles. The van der Waals surface area contributed by atoms with Gasteiger partial charge in [-0.05, 0) is 42.5 Å². The normalized spacial score (nSPS) is 24.5. The third kappa shape index (κ3) is 3.68. The van der Waals surface area contributed by atoms with Gasteiger partial charge in [0.05, 0.1) is 12.1 Å². The summed E-state index contributed by atoms with van der Waals surface area (Å²) in [6.07, 6.45) is 1.45. The van der Waals surface area contributed by atoms with E-state index in [0.717, 1.165) is 6.42 Å². The van der Waals surface area contributed by atoms with Crippen LogP contribution in [0.2, 0.25) is 0 Å². The second kappa shape index (κ2) is 7.24. The van der Waals surface area contributed by atoms with E-state index in [9.17, 15) is 14.4 Å². The van der Waals surface area contributed by atoms with Crippen LogP contribution in [0.4, 0.5) is 0 Å². The number of likely N-dealkylation sites (tertiary alicyclic amines) is 1. The first kappa shape index (κ1) is 19.0. The highest BCUT2D eigenvalue weighted by atomic mass is 16.5. The zero-order valence-corrected chi connectivity index (χ0v) is 16.1. The van der Waals surface area contributed by atoms with Crippen LogP contribution in [-0.2, 0) is 9.59 Å². The van der Waals surface area contributed by atoms with Gasteiger partial charge in [-0.2, -0.15) is 0 Å². The molecule has 3 unspecified atom stereocenters. The Balaban J connectivity index is 1.43. The number of hydrogen-bond acceptors (Lipinski definition) is 4. The molecular formula is C22H23N3O4. The van der Waals surface area contributed by atoms with E-state index < -0.39 is 17.9 Å². The molecule has 7 nitrogen and oxygen atoms in total. The molecule has 0 bridgehead atoms. The molecule has 4 rings (SSSR count). The van der Waals surface area contributed by atoms with E-state index in [1.807, 2.05) is 18.2 Å². The van der Waals surface area contributed by atoms with Gasteiger partial charge in [0.25, 0.3) is 5.91 Å². The summed E-state index contributed by atoms with van der Waals surface area (Å²) in [5, 5.41) is 2.65. The van der Waals surface area contributed by atoms with Crippen LogP contribution in [0.15, 0.2) is 54.6 Å². The van der Waals surface area contributed by atoms with Crippen molar-refractivity contribution in [1.82, 2.24) is 10.2 Å². The minimum Gasteiger partial charge on any atom is -0.457 e. The predicted molar refractivity (Wildman–Crippen MR) is 106 cm³/mol. The molecule has 3 amide bonds. The molecule has 1 aliphatic carbocycles. The number of rotatable bonds is 6. The number of nitrogens with zero attached hydrogens (tertiary/aromatic N) is 1. The minimum atomic E-state index is -0.600. The van der Waals surface area contributed by atoms with Gasteiger partial charge in [-0.1, -0.05) is 37.3 Å². The van der Waals surface area contributed by atoms with E-state index in [4.69, 9.17) is 10.5 Å². The first-order valence-electron chi connectivity index (χ1n) is 9.60. The summed E-state index contributed by atoms with van der Waals surface area (Å²) < 4.78 is 5.81. The van der Waals surface area contributed by atoms with Crippen molar-refractivity contribution in [2.45, 2.75) is 31.8 Å². The van der Waals surface area contributed by atoms with Gasteiger partial charge in [0, 0.05) is 6.04 Å². The molecule has 1 saturated carbocycles. The zero-order valence-electron chi connectivity index (χ0n) is 16.1. The fraction of sp³-hybridized carbons (Fsp3) is 0.318. The number of amides is 3. The summed E-state index contributed by atoms with van der Waals surface area (Å²) in [5.74, 6) is -0.208. The Morgan fingerprint density at radius 1 is 1.10 bits per heavy atom. The average molecular weight is 393 g/mol. The van der Waals surface area contributed by atoms with Crippen molar-refractivity contribution in [3.05, 3.63) is 60.2 Å². The number of nitrogens with one attached hydrogen (secondary N) is 1. The summed E-state index contributed by atoms with van der Waals surface area (Å²) in [4.78, 5) is 38.7. The van der Waals surface area contributed by atoms with Gasteiger partial charge in [0.15, 0.2) is 0 Å². The SMILES string of the molecule is CC12CC(C(N)=O)N(C(=O)CNC(=O)c3ccccc3Oc3ccccc3)C1C2. The maximum Gasteiger partial charge on any atom is 0.255 e. The van der Waals surface area contributed by atoms with E-state index in [2.05, 4.69) is 12.2 Å². The fourth-order valence-corrected chi connectivity index (χ4v) is 4.08. The molecule has 29 heavy (non-hydrogen) atoms. The van der Waals surface area contributed by atoms with Gasteiger partial charge in [0.1, 0.15) is 17.5 Å². The Morgan fingerprint density at radius 2 is 1.79 bits per heavy atom. The maximum atomic E-state index is 12.7. The van der Waals surface area contributed by atoms with Crippen LogP contribution in [0.25, 0.3) is 0 Å². The zero-order chi connectivity index (χ0) is 20.6. The van der Waals surface area contributed by atoms with E-state index in [0.29, 0.717) is 23.5 Å². The van der Waals surface area contributed by atoms with E-state index in [1.54, 1.807) is 41.3 Å². The lowest BCUT2D eigenvalue weighted by atomic mass is 10.0. The van der Waals surface area contributed by atoms with Crippen LogP contribution in [0.1, 0.15) is 30.1 Å². The highest BCUT2D eigenvalue weighted by molar-refractivity contribution is 5.99. The number of nitrogens with two attached hydrogens (primary N) is 1. The van der Waals surface area contributed by atoms with E-state index >= 15 is 0 Å². The lowest BCUT2D eigenvalue weighted by Crippen LogP contribution is -2.49. The molecule has 150 valence electrons. The smallest absolute Gasteiger partial charge is 0.255 e. The molecule has 7 heteroatoms. The van der Waals surface area contributed by atoms with Gasteiger partial charge in [-0.25, -0.2) is 0 Å². The molecule has 0 radical (unpaired) electrons. The highest BCUT2D eigenvalue weighted by Crippen LogP contribution is 2.59. The van der Waals surface area contributed by atoms with Crippen LogP contribution in [0, 0.1) is 5.41 Å². The second-order valence-corrected chi connectivity index (χ2v) is 7.89. The average Bonchev–Trinajstić information content (AvgIpc) is 3.27. The van der Waals surface area contributed by atoms with Crippen LogP contribution in [0.3, 0.4) is 0 Å². The monoisotopic (exact) mass is 393 g/mol. The van der Waals surface area contributed by atoms with Crippen molar-refractivity contribution >= 4 is 17.7 Å². The van der Waals surface area contributed by atoms with Gasteiger partial charge in [0.2, 0.25) is 11.8 Å². The van der Waals surface area contributed by atoms with Crippen molar-refractivity contribution in [2.75, 3.05) is 6.54 Å². The topological polar surface area (TPSA) is 102 Å². The van der Waals surface area contributed by atoms with Gasteiger partial charge >= 0.3 is 0 Å². The number of carbonyl (C=O) groups excluding carboxylic acids is 3. The Morgan fingerprint density at radius 3 is 2.52 bits per heavy atom. The Kier molecular flexibility index (Phi) is 4.74. The van der Waals surface area contributed by atoms with Crippen molar-refractivity contribution in [2.24, 2.45) is 11.1 Å². The van der Waals surface area contributed by atoms with Crippen LogP contribution >= 0.6 is 0 Å². The maximum absolute atomic E-state index is 12.7. The highest BCUT2D eigenvalue weighted by Gasteiger charge is 2.63. The van der Waals surface area contributed by atoms with E-state index in [-0.39, 0.29) is 23.9 Å². The first-order valence-corrected chi connectivity index (χ1v) is 9.60. The molecular weight excluding hydrogens is 370 g/mol. The van der Waals surface area contributed by atoms with Crippen molar-refractivity contribution in [3.8, 4) is 11.5 Å². The number of primary amides is 1. The standard InChI is InChI=1S/C22H23N3O4/c1-22-11-16(20(23)27)25(18(22)12-22)19(26)13-24-21(28)15-9-5-6-10-17(15)29-14-7-3-2-4-8-14/h2-10,16,18H,11-13H2,1H3,(H2,23,27)(H,24,28). The number of benzene rings is 2. The molecule has 2 aliphatic rings. The number of carbonyl (C=O) groups is 3. The molecule has 0 aromatic heterocycles. The van der Waals surface area contributed by atoms with Crippen molar-refractivity contribution < 1.29 is 19.1 Å². The number of ether oxygens (including phenoxy) is 1. The van der Waals surface area contributed by atoms with Gasteiger partial charge in [-0.15, -0.1) is 0 Å². The molecule has 1 aliphatic heterocycles. The molecule has 1 heterocycles. The lowest BCUT2D eigenvalue weighted by Gasteiger charge is -2.25. The molecule has 0 spiro atoms. The van der Waals surface area contributed by atoms with Gasteiger partial charge in [-0.3, -0.25) is 14.4 Å². The minimum absolute atomic E-state index is 0.0260. The Labute approximate surface area is 168 Å². The molecule has 2 aromatic rings. The molecule has 2 fully saturated rings. The summed E-state index contributed by atoms with van der Waals surface area (Å²) in [5.41, 5.74) is 5.77. The summed E-state index contributed by atoms with van der Waals surface area (Å²) in [6, 6.07) is 15.4. The van der Waals surface area contributed by atoms with Gasteiger partial charge < -0.3 is 20.7 Å². The largest absolute Gasteiger partial charge is 0.457 e. The Bertz CT molecular complexity index is 962. The van der Waals surface area contributed by atoms with Crippen molar-refractivity contribution in [1.29, 1.82) is 0 Å². The number of piperidine rings is 1. The second-order valence-electron chi connectivity index (χ2n) is 7.89. The number of fused-ring (bicyclic) bond motifs is 1. The quantitative estimate of drug-likeness (QED) is 0.784. The van der Waals surface area contributed by atoms with Crippen LogP contribution < -0.4 is 15.8 Å². The summed E-state index contributed by atoms with van der Waals surface area (Å²) >= 11 is 0. The third-order valence-corrected chi connectivity index (χ3v) is 5.75. The molecule has 3 N–H and O–H groups in total. The predicted octanol–water partition coefficient (Wildman–Crippen LogP) is 2.07. The molecule has 1 saturated heterocycles. The fourth-order valence-electron chi connectivity index (χ4n) is 4.08. The number of para-hydroxylation sites is 2. The Hall–Kier alpha value is -3.35. The van der Waals surface area contributed by atoms with Crippen LogP contribution in [-0.4, -0.2) is 41.2 Å². The first-order chi connectivity index (χ1) is 13.9. The van der Waals surface area contributed by atoms with Crippen molar-refractivity contribution in [3.63, 3.8) is 0 Å². The van der Waals surface area contributed by atoms with Crippen LogP contribution in [0.5, 0.6) is 11.5 Å². The lowest BCUT2D eigenvalue weighted by molar-refractivity contribution is -0.137. The third-order valence-electron chi connectivity index (χ3n) is 5.75. The summed E-state index contributed by atoms with van der Waals surface area (Å²) in [7, 11) is 0.